The van der Waals surface area contributed by atoms with Crippen LogP contribution in [-0.4, -0.2) is 57.8 Å². The lowest BCUT2D eigenvalue weighted by Crippen LogP contribution is -2.36. The number of carbonyl (C=O) groups is 1. The molecular weight excluding hydrogens is 477 g/mol. The molecule has 0 spiro atoms. The van der Waals surface area contributed by atoms with Gasteiger partial charge in [0.1, 0.15) is 5.82 Å². The minimum atomic E-state index is -4.56. The van der Waals surface area contributed by atoms with Crippen molar-refractivity contribution in [1.82, 2.24) is 24.5 Å². The Kier molecular flexibility index (Phi) is 6.63. The fourth-order valence-corrected chi connectivity index (χ4v) is 4.52. The van der Waals surface area contributed by atoms with E-state index in [-0.39, 0.29) is 24.5 Å². The molecule has 194 valence electrons. The Balaban J connectivity index is 1.64. The van der Waals surface area contributed by atoms with Crippen LogP contribution in [0.2, 0.25) is 0 Å². The van der Waals surface area contributed by atoms with Gasteiger partial charge in [0.05, 0.1) is 26.0 Å². The van der Waals surface area contributed by atoms with Gasteiger partial charge in [-0.3, -0.25) is 9.48 Å². The van der Waals surface area contributed by atoms with Crippen molar-refractivity contribution in [3.63, 3.8) is 0 Å². The molecule has 0 bridgehead atoms. The topological polar surface area (TPSA) is 86.4 Å². The van der Waals surface area contributed by atoms with E-state index in [1.54, 1.807) is 29.9 Å². The number of aromatic nitrogens is 4. The van der Waals surface area contributed by atoms with Crippen molar-refractivity contribution in [1.29, 1.82) is 0 Å². The zero-order chi connectivity index (χ0) is 26.4. The molecule has 1 aliphatic heterocycles. The van der Waals surface area contributed by atoms with Crippen LogP contribution in [0.25, 0.3) is 0 Å². The number of hydrogen-bond acceptors (Lipinski definition) is 6. The smallest absolute Gasteiger partial charge is 0.410 e. The highest BCUT2D eigenvalue weighted by Gasteiger charge is 2.47. The molecule has 0 fully saturated rings. The van der Waals surface area contributed by atoms with Gasteiger partial charge in [0.15, 0.2) is 23.2 Å². The van der Waals surface area contributed by atoms with E-state index in [1.807, 2.05) is 20.9 Å². The van der Waals surface area contributed by atoms with Crippen molar-refractivity contribution < 1.29 is 27.4 Å². The number of methoxy groups -OCH3 is 2. The normalized spacial score (nSPS) is 17.4. The summed E-state index contributed by atoms with van der Waals surface area (Å²) in [6, 6.07) is 3.78. The highest BCUT2D eigenvalue weighted by atomic mass is 19.4. The summed E-state index contributed by atoms with van der Waals surface area (Å²) >= 11 is 0. The third kappa shape index (κ3) is 4.59. The summed E-state index contributed by atoms with van der Waals surface area (Å²) in [5.74, 6) is 0.529. The summed E-state index contributed by atoms with van der Waals surface area (Å²) in [7, 11) is 6.36. The first-order valence-corrected chi connectivity index (χ1v) is 11.3. The second kappa shape index (κ2) is 9.40. The van der Waals surface area contributed by atoms with Crippen LogP contribution >= 0.6 is 0 Å². The molecule has 1 aromatic carbocycles. The molecule has 1 N–H and O–H groups in total. The summed E-state index contributed by atoms with van der Waals surface area (Å²) < 4.78 is 55.4. The number of nitrogens with zero attached hydrogens (tertiary/aromatic N) is 5. The van der Waals surface area contributed by atoms with Gasteiger partial charge in [0, 0.05) is 44.4 Å². The Morgan fingerprint density at radius 3 is 2.44 bits per heavy atom. The van der Waals surface area contributed by atoms with Gasteiger partial charge < -0.3 is 19.7 Å². The van der Waals surface area contributed by atoms with E-state index in [9.17, 15) is 18.0 Å². The fourth-order valence-electron chi connectivity index (χ4n) is 4.52. The number of ether oxygens (including phenoxy) is 2. The van der Waals surface area contributed by atoms with Gasteiger partial charge in [-0.2, -0.15) is 23.4 Å². The molecule has 0 saturated carbocycles. The first-order valence-electron chi connectivity index (χ1n) is 11.3. The standard InChI is InChI=1S/C24H29F3N6O3/c1-13-16(14(2)32(4)29-13)12-31(3)23(34)18-11-22-28-17(10-21(24(25,26)27)33(22)30-18)15-7-8-19(35-5)20(9-15)36-6/h7-9,11,17,21,28H,10,12H2,1-6H3/t17-,21+/m0/s1. The summed E-state index contributed by atoms with van der Waals surface area (Å²) in [6.07, 6.45) is -4.86. The maximum atomic E-state index is 14.1. The van der Waals surface area contributed by atoms with E-state index in [2.05, 4.69) is 15.5 Å². The molecular formula is C24H29F3N6O3. The lowest BCUT2D eigenvalue weighted by Gasteiger charge is -2.33. The number of rotatable bonds is 6. The molecule has 12 heteroatoms. The Hall–Kier alpha value is -3.70. The largest absolute Gasteiger partial charge is 0.493 e. The quantitative estimate of drug-likeness (QED) is 0.540. The average Bonchev–Trinajstić information content (AvgIpc) is 3.37. The van der Waals surface area contributed by atoms with Crippen molar-refractivity contribution in [3.05, 3.63) is 52.5 Å². The van der Waals surface area contributed by atoms with Crippen LogP contribution in [0, 0.1) is 13.8 Å². The Morgan fingerprint density at radius 2 is 1.86 bits per heavy atom. The average molecular weight is 507 g/mol. The van der Waals surface area contributed by atoms with E-state index < -0.39 is 24.2 Å². The Labute approximate surface area is 206 Å². The van der Waals surface area contributed by atoms with Crippen LogP contribution in [0.4, 0.5) is 19.0 Å². The summed E-state index contributed by atoms with van der Waals surface area (Å²) in [5, 5.41) is 11.5. The van der Waals surface area contributed by atoms with Crippen LogP contribution in [0.1, 0.15) is 51.5 Å². The molecule has 3 heterocycles. The van der Waals surface area contributed by atoms with Crippen LogP contribution in [-0.2, 0) is 13.6 Å². The zero-order valence-corrected chi connectivity index (χ0v) is 21.0. The lowest BCUT2D eigenvalue weighted by molar-refractivity contribution is -0.173. The van der Waals surface area contributed by atoms with Gasteiger partial charge in [-0.25, -0.2) is 4.68 Å². The van der Waals surface area contributed by atoms with Gasteiger partial charge in [-0.05, 0) is 31.5 Å². The van der Waals surface area contributed by atoms with E-state index in [0.29, 0.717) is 17.1 Å². The van der Waals surface area contributed by atoms with Gasteiger partial charge in [0.2, 0.25) is 0 Å². The number of hydrogen-bond donors (Lipinski definition) is 1. The van der Waals surface area contributed by atoms with Crippen molar-refractivity contribution in [2.45, 2.75) is 45.1 Å². The highest BCUT2D eigenvalue weighted by molar-refractivity contribution is 5.93. The number of benzene rings is 1. The zero-order valence-electron chi connectivity index (χ0n) is 21.0. The molecule has 0 saturated heterocycles. The molecule has 2 atom stereocenters. The summed E-state index contributed by atoms with van der Waals surface area (Å²) in [6.45, 7) is 4.01. The van der Waals surface area contributed by atoms with E-state index >= 15 is 0 Å². The predicted molar refractivity (Wildman–Crippen MR) is 126 cm³/mol. The third-order valence-corrected chi connectivity index (χ3v) is 6.62. The molecule has 1 aliphatic rings. The van der Waals surface area contributed by atoms with Crippen LogP contribution in [0.5, 0.6) is 11.5 Å². The molecule has 1 amide bonds. The Bertz CT molecular complexity index is 1280. The number of anilines is 1. The number of carbonyl (C=O) groups excluding carboxylic acids is 1. The monoisotopic (exact) mass is 506 g/mol. The van der Waals surface area contributed by atoms with Crippen molar-refractivity contribution >= 4 is 11.7 Å². The number of alkyl halides is 3. The number of aryl methyl sites for hydroxylation is 2. The van der Waals surface area contributed by atoms with Gasteiger partial charge in [0.25, 0.3) is 5.91 Å². The van der Waals surface area contributed by atoms with Gasteiger partial charge >= 0.3 is 6.18 Å². The maximum absolute atomic E-state index is 14.1. The van der Waals surface area contributed by atoms with Crippen molar-refractivity contribution in [2.75, 3.05) is 26.6 Å². The first kappa shape index (κ1) is 25.4. The first-order chi connectivity index (χ1) is 16.9. The van der Waals surface area contributed by atoms with Crippen LogP contribution < -0.4 is 14.8 Å². The maximum Gasteiger partial charge on any atom is 0.410 e. The molecule has 0 radical (unpaired) electrons. The van der Waals surface area contributed by atoms with Crippen LogP contribution in [0.15, 0.2) is 24.3 Å². The second-order valence-corrected chi connectivity index (χ2v) is 8.90. The number of nitrogens with one attached hydrogen (secondary N) is 1. The number of fused-ring (bicyclic) bond motifs is 1. The van der Waals surface area contributed by atoms with Crippen LogP contribution in [0.3, 0.4) is 0 Å². The van der Waals surface area contributed by atoms with E-state index in [0.717, 1.165) is 21.6 Å². The molecule has 2 aromatic heterocycles. The molecule has 3 aromatic rings. The van der Waals surface area contributed by atoms with Gasteiger partial charge in [-0.1, -0.05) is 6.07 Å². The molecule has 4 rings (SSSR count). The summed E-state index contributed by atoms with van der Waals surface area (Å²) in [4.78, 5) is 14.6. The van der Waals surface area contributed by atoms with E-state index in [1.165, 1.54) is 25.2 Å². The minimum absolute atomic E-state index is 0.0681. The van der Waals surface area contributed by atoms with Crippen molar-refractivity contribution in [3.8, 4) is 11.5 Å². The molecule has 0 aliphatic carbocycles. The molecule has 9 nitrogen and oxygen atoms in total. The fraction of sp³-hybridized carbons (Fsp3) is 0.458. The molecule has 36 heavy (non-hydrogen) atoms. The second-order valence-electron chi connectivity index (χ2n) is 8.90. The SMILES string of the molecule is COc1ccc([C@@H]2C[C@H](C(F)(F)F)n3nc(C(=O)N(C)Cc4c(C)nn(C)c4C)cc3N2)cc1OC. The van der Waals surface area contributed by atoms with Crippen molar-refractivity contribution in [2.24, 2.45) is 7.05 Å². The predicted octanol–water partition coefficient (Wildman–Crippen LogP) is 4.18. The number of amides is 1. The summed E-state index contributed by atoms with van der Waals surface area (Å²) in [5.41, 5.74) is 3.11. The third-order valence-electron chi connectivity index (χ3n) is 6.62. The Morgan fingerprint density at radius 1 is 1.17 bits per heavy atom. The minimum Gasteiger partial charge on any atom is -0.493 e. The molecule has 0 unspecified atom stereocenters. The lowest BCUT2D eigenvalue weighted by atomic mass is 9.96. The number of halogens is 3. The van der Waals surface area contributed by atoms with Gasteiger partial charge in [-0.15, -0.1) is 0 Å². The highest BCUT2D eigenvalue weighted by Crippen LogP contribution is 2.44. The van der Waals surface area contributed by atoms with E-state index in [4.69, 9.17) is 9.47 Å².